The van der Waals surface area contributed by atoms with Gasteiger partial charge in [-0.2, -0.15) is 10.2 Å². The fourth-order valence-electron chi connectivity index (χ4n) is 3.48. The first kappa shape index (κ1) is 20.4. The van der Waals surface area contributed by atoms with Gasteiger partial charge < -0.3 is 14.4 Å². The molecule has 158 valence electrons. The van der Waals surface area contributed by atoms with Gasteiger partial charge in [-0.15, -0.1) is 0 Å². The average Bonchev–Trinajstić information content (AvgIpc) is 3.33. The van der Waals surface area contributed by atoms with Gasteiger partial charge in [0.05, 0.1) is 37.2 Å². The summed E-state index contributed by atoms with van der Waals surface area (Å²) in [5.74, 6) is 0.701. The van der Waals surface area contributed by atoms with E-state index in [9.17, 15) is 4.79 Å². The first-order valence-corrected chi connectivity index (χ1v) is 10.2. The Hall–Kier alpha value is -2.84. The van der Waals surface area contributed by atoms with Gasteiger partial charge in [-0.1, -0.05) is 17.7 Å². The number of halogens is 1. The Morgan fingerprint density at radius 1 is 1.33 bits per heavy atom. The maximum atomic E-state index is 12.7. The molecule has 8 nitrogen and oxygen atoms in total. The van der Waals surface area contributed by atoms with Crippen LogP contribution >= 0.6 is 11.6 Å². The maximum absolute atomic E-state index is 12.7. The van der Waals surface area contributed by atoms with Crippen molar-refractivity contribution in [2.45, 2.75) is 12.5 Å². The van der Waals surface area contributed by atoms with Crippen LogP contribution in [0, 0.1) is 0 Å². The first-order chi connectivity index (χ1) is 14.5. The summed E-state index contributed by atoms with van der Waals surface area (Å²) >= 11 is 5.99. The second-order valence-electron chi connectivity index (χ2n) is 7.25. The van der Waals surface area contributed by atoms with Crippen LogP contribution in [0.3, 0.4) is 0 Å². The van der Waals surface area contributed by atoms with Crippen LogP contribution in [0.15, 0.2) is 42.7 Å². The molecule has 1 aliphatic heterocycles. The van der Waals surface area contributed by atoms with Crippen molar-refractivity contribution in [1.29, 1.82) is 0 Å². The molecule has 3 aromatic rings. The summed E-state index contributed by atoms with van der Waals surface area (Å²) in [4.78, 5) is 14.5. The van der Waals surface area contributed by atoms with E-state index in [4.69, 9.17) is 21.1 Å². The zero-order valence-electron chi connectivity index (χ0n) is 17.0. The minimum atomic E-state index is -0.256. The molecule has 1 amide bonds. The summed E-state index contributed by atoms with van der Waals surface area (Å²) in [6.07, 6.45) is 3.76. The third-order valence-electron chi connectivity index (χ3n) is 5.05. The van der Waals surface area contributed by atoms with Gasteiger partial charge in [-0.05, 0) is 24.3 Å². The number of aryl methyl sites for hydroxylation is 2. The highest BCUT2D eigenvalue weighted by Crippen LogP contribution is 2.23. The number of hydrogen-bond donors (Lipinski definition) is 0. The van der Waals surface area contributed by atoms with Gasteiger partial charge >= 0.3 is 0 Å². The number of hydrogen-bond acceptors (Lipinski definition) is 5. The van der Waals surface area contributed by atoms with E-state index in [1.165, 1.54) is 0 Å². The van der Waals surface area contributed by atoms with Crippen LogP contribution in [0.5, 0.6) is 5.75 Å². The summed E-state index contributed by atoms with van der Waals surface area (Å²) in [5.41, 5.74) is 2.43. The van der Waals surface area contributed by atoms with Crippen LogP contribution in [0.25, 0.3) is 0 Å². The van der Waals surface area contributed by atoms with Gasteiger partial charge in [-0.3, -0.25) is 14.2 Å². The molecule has 4 rings (SSSR count). The second-order valence-corrected chi connectivity index (χ2v) is 7.69. The molecule has 0 spiro atoms. The lowest BCUT2D eigenvalue weighted by Gasteiger charge is -2.31. The normalized spacial score (nSPS) is 16.6. The molecule has 0 aliphatic carbocycles. The molecule has 0 saturated carbocycles. The molecule has 2 aromatic heterocycles. The van der Waals surface area contributed by atoms with Gasteiger partial charge in [0.15, 0.2) is 0 Å². The van der Waals surface area contributed by atoms with Crippen molar-refractivity contribution >= 4 is 17.5 Å². The Morgan fingerprint density at radius 3 is 2.97 bits per heavy atom. The number of carbonyl (C=O) groups excluding carboxylic acids is 1. The quantitative estimate of drug-likeness (QED) is 0.602. The summed E-state index contributed by atoms with van der Waals surface area (Å²) in [7, 11) is 3.70. The number of nitrogens with zero attached hydrogens (tertiary/aromatic N) is 5. The molecule has 1 saturated heterocycles. The Bertz CT molecular complexity index is 1030. The Balaban J connectivity index is 1.37. The molecule has 0 unspecified atom stereocenters. The smallest absolute Gasteiger partial charge is 0.257 e. The number of rotatable bonds is 6. The third-order valence-corrected chi connectivity index (χ3v) is 5.29. The van der Waals surface area contributed by atoms with Crippen LogP contribution in [-0.2, 0) is 25.3 Å². The zero-order valence-corrected chi connectivity index (χ0v) is 17.7. The van der Waals surface area contributed by atoms with Crippen LogP contribution in [-0.4, -0.2) is 56.7 Å². The van der Waals surface area contributed by atoms with E-state index in [2.05, 4.69) is 10.2 Å². The number of morpholine rings is 1. The van der Waals surface area contributed by atoms with Crippen molar-refractivity contribution in [3.63, 3.8) is 0 Å². The molecular weight excluding hydrogens is 406 g/mol. The largest absolute Gasteiger partial charge is 0.493 e. The molecule has 0 bridgehead atoms. The van der Waals surface area contributed by atoms with Crippen molar-refractivity contribution in [3.8, 4) is 5.75 Å². The number of aromatic nitrogens is 4. The number of ether oxygens (including phenoxy) is 2. The van der Waals surface area contributed by atoms with Crippen molar-refractivity contribution in [3.05, 3.63) is 64.7 Å². The van der Waals surface area contributed by atoms with Crippen LogP contribution in [0.2, 0.25) is 5.02 Å². The topological polar surface area (TPSA) is 74.4 Å². The van der Waals surface area contributed by atoms with E-state index < -0.39 is 0 Å². The molecule has 0 N–H and O–H groups in total. The van der Waals surface area contributed by atoms with Crippen molar-refractivity contribution in [1.82, 2.24) is 24.5 Å². The molecule has 30 heavy (non-hydrogen) atoms. The lowest BCUT2D eigenvalue weighted by atomic mass is 10.1. The number of carbonyl (C=O) groups is 1. The monoisotopic (exact) mass is 429 g/mol. The fourth-order valence-corrected chi connectivity index (χ4v) is 3.66. The van der Waals surface area contributed by atoms with E-state index in [1.54, 1.807) is 35.1 Å². The number of benzene rings is 1. The first-order valence-electron chi connectivity index (χ1n) is 9.80. The summed E-state index contributed by atoms with van der Waals surface area (Å²) in [6.45, 7) is 2.00. The average molecular weight is 430 g/mol. The third kappa shape index (κ3) is 4.66. The van der Waals surface area contributed by atoms with Crippen LogP contribution < -0.4 is 4.74 Å². The van der Waals surface area contributed by atoms with Gasteiger partial charge in [0.2, 0.25) is 0 Å². The predicted octanol–water partition coefficient (Wildman–Crippen LogP) is 2.64. The minimum absolute atomic E-state index is 0.0394. The second kappa shape index (κ2) is 8.89. The fraction of sp³-hybridized carbons (Fsp3) is 0.381. The highest BCUT2D eigenvalue weighted by atomic mass is 35.5. The van der Waals surface area contributed by atoms with Gasteiger partial charge in [-0.25, -0.2) is 0 Å². The molecule has 1 atom stereocenters. The van der Waals surface area contributed by atoms with E-state index in [0.29, 0.717) is 43.3 Å². The van der Waals surface area contributed by atoms with Gasteiger partial charge in [0, 0.05) is 44.0 Å². The van der Waals surface area contributed by atoms with Gasteiger partial charge in [0.25, 0.3) is 5.91 Å². The van der Waals surface area contributed by atoms with Crippen molar-refractivity contribution in [2.24, 2.45) is 14.1 Å². The zero-order chi connectivity index (χ0) is 21.1. The van der Waals surface area contributed by atoms with Crippen LogP contribution in [0.1, 0.15) is 27.8 Å². The highest BCUT2D eigenvalue weighted by Gasteiger charge is 2.28. The molecule has 1 aromatic carbocycles. The molecule has 3 heterocycles. The van der Waals surface area contributed by atoms with E-state index in [-0.39, 0.29) is 12.0 Å². The summed E-state index contributed by atoms with van der Waals surface area (Å²) in [6, 6.07) is 9.36. The lowest BCUT2D eigenvalue weighted by Crippen LogP contribution is -2.42. The highest BCUT2D eigenvalue weighted by molar-refractivity contribution is 6.30. The van der Waals surface area contributed by atoms with E-state index in [1.807, 2.05) is 36.0 Å². The van der Waals surface area contributed by atoms with E-state index in [0.717, 1.165) is 17.1 Å². The van der Waals surface area contributed by atoms with Crippen LogP contribution in [0.4, 0.5) is 0 Å². The Labute approximate surface area is 179 Å². The molecule has 9 heteroatoms. The van der Waals surface area contributed by atoms with Crippen molar-refractivity contribution < 1.29 is 14.3 Å². The number of amides is 1. The minimum Gasteiger partial charge on any atom is -0.493 e. The summed E-state index contributed by atoms with van der Waals surface area (Å²) < 4.78 is 15.1. The lowest BCUT2D eigenvalue weighted by molar-refractivity contribution is -0.0249. The van der Waals surface area contributed by atoms with Gasteiger partial charge in [0.1, 0.15) is 11.9 Å². The predicted molar refractivity (Wildman–Crippen MR) is 112 cm³/mol. The van der Waals surface area contributed by atoms with Crippen molar-refractivity contribution in [2.75, 3.05) is 26.3 Å². The molecule has 1 aliphatic rings. The molecule has 1 fully saturated rings. The Morgan fingerprint density at radius 2 is 2.20 bits per heavy atom. The summed E-state index contributed by atoms with van der Waals surface area (Å²) in [5, 5.41) is 9.34. The van der Waals surface area contributed by atoms with E-state index >= 15 is 0 Å². The molecule has 0 radical (unpaired) electrons. The standard InChI is InChI=1S/C21H24ClN5O3/c1-25-13-15(12-23-25)21(28)27-7-9-30-20(14-27)19-11-17(26(2)24-19)6-8-29-18-5-3-4-16(22)10-18/h3-5,10-13,20H,6-9,14H2,1-2H3/t20-/m1/s1. The molecular formula is C21H24ClN5O3. The Kier molecular flexibility index (Phi) is 6.06. The maximum Gasteiger partial charge on any atom is 0.257 e. The SMILES string of the molecule is Cn1cc(C(=O)N2CCO[C@@H](c3cc(CCOc4cccc(Cl)c4)n(C)n3)C2)cn1.